The number of rotatable bonds is 4. The third-order valence-electron chi connectivity index (χ3n) is 3.61. The van der Waals surface area contributed by atoms with Gasteiger partial charge in [-0.2, -0.15) is 0 Å². The van der Waals surface area contributed by atoms with Gasteiger partial charge in [0.1, 0.15) is 5.75 Å². The second kappa shape index (κ2) is 3.75. The van der Waals surface area contributed by atoms with Crippen molar-refractivity contribution >= 4 is 10.9 Å². The van der Waals surface area contributed by atoms with E-state index < -0.39 is 0 Å². The van der Waals surface area contributed by atoms with Crippen LogP contribution >= 0.6 is 0 Å². The molecule has 0 saturated heterocycles. The van der Waals surface area contributed by atoms with E-state index >= 15 is 0 Å². The van der Waals surface area contributed by atoms with Gasteiger partial charge in [0.25, 0.3) is 0 Å². The van der Waals surface area contributed by atoms with E-state index in [1.165, 1.54) is 11.1 Å². The number of aromatic amines is 1. The number of hydrogen-bond donors (Lipinski definition) is 2. The molecule has 1 heterocycles. The highest BCUT2D eigenvalue weighted by Crippen LogP contribution is 2.48. The van der Waals surface area contributed by atoms with E-state index in [1.54, 1.807) is 7.11 Å². The Balaban J connectivity index is 2.02. The van der Waals surface area contributed by atoms with Crippen molar-refractivity contribution in [3.8, 4) is 5.75 Å². The van der Waals surface area contributed by atoms with Crippen molar-refractivity contribution < 1.29 is 9.57 Å². The minimum Gasteiger partial charge on any atom is -0.497 e. The van der Waals surface area contributed by atoms with E-state index in [0.29, 0.717) is 6.61 Å². The molecule has 1 aliphatic rings. The van der Waals surface area contributed by atoms with Crippen LogP contribution in [0.1, 0.15) is 18.5 Å². The van der Waals surface area contributed by atoms with Crippen molar-refractivity contribution in [1.29, 1.82) is 0 Å². The van der Waals surface area contributed by atoms with Gasteiger partial charge in [-0.25, -0.2) is 5.90 Å². The van der Waals surface area contributed by atoms with Crippen molar-refractivity contribution in [2.24, 2.45) is 5.90 Å². The number of benzene rings is 1. The maximum Gasteiger partial charge on any atom is 0.120 e. The Kier molecular flexibility index (Phi) is 2.34. The zero-order chi connectivity index (χ0) is 11.9. The molecule has 1 aromatic carbocycles. The van der Waals surface area contributed by atoms with Crippen LogP contribution in [-0.2, 0) is 10.3 Å². The SMILES string of the molecule is COc1ccc2cc(C3(CON)CC3)[nH]c2c1. The van der Waals surface area contributed by atoms with Crippen LogP contribution in [0.2, 0.25) is 0 Å². The molecule has 3 N–H and O–H groups in total. The van der Waals surface area contributed by atoms with Gasteiger partial charge in [-0.3, -0.25) is 0 Å². The minimum absolute atomic E-state index is 0.112. The predicted octanol–water partition coefficient (Wildman–Crippen LogP) is 2.10. The lowest BCUT2D eigenvalue weighted by atomic mass is 10.0. The fourth-order valence-electron chi connectivity index (χ4n) is 2.32. The van der Waals surface area contributed by atoms with Crippen LogP contribution in [0.3, 0.4) is 0 Å². The molecule has 1 aliphatic carbocycles. The second-order valence-corrected chi connectivity index (χ2v) is 4.73. The average Bonchev–Trinajstić information content (AvgIpc) is 3.00. The van der Waals surface area contributed by atoms with Gasteiger partial charge in [0.2, 0.25) is 0 Å². The van der Waals surface area contributed by atoms with Gasteiger partial charge in [0, 0.05) is 22.7 Å². The van der Waals surface area contributed by atoms with Crippen molar-refractivity contribution in [2.45, 2.75) is 18.3 Å². The molecule has 1 fully saturated rings. The topological polar surface area (TPSA) is 60.3 Å². The Morgan fingerprint density at radius 1 is 1.35 bits per heavy atom. The summed E-state index contributed by atoms with van der Waals surface area (Å²) >= 11 is 0. The Morgan fingerprint density at radius 2 is 2.18 bits per heavy atom. The fraction of sp³-hybridized carbons (Fsp3) is 0.385. The van der Waals surface area contributed by atoms with Crippen LogP contribution in [0.4, 0.5) is 0 Å². The normalized spacial score (nSPS) is 17.3. The van der Waals surface area contributed by atoms with Crippen LogP contribution in [0.15, 0.2) is 24.3 Å². The van der Waals surface area contributed by atoms with E-state index in [0.717, 1.165) is 24.1 Å². The molecule has 0 bridgehead atoms. The first-order valence-corrected chi connectivity index (χ1v) is 5.76. The van der Waals surface area contributed by atoms with E-state index in [2.05, 4.69) is 17.1 Å². The first-order chi connectivity index (χ1) is 8.27. The molecule has 1 saturated carbocycles. The van der Waals surface area contributed by atoms with Gasteiger partial charge in [0.05, 0.1) is 13.7 Å². The monoisotopic (exact) mass is 232 g/mol. The summed E-state index contributed by atoms with van der Waals surface area (Å²) in [6.07, 6.45) is 2.27. The number of nitrogens with one attached hydrogen (secondary N) is 1. The molecule has 1 aromatic heterocycles. The molecule has 4 heteroatoms. The molecule has 17 heavy (non-hydrogen) atoms. The summed E-state index contributed by atoms with van der Waals surface area (Å²) in [6, 6.07) is 8.23. The average molecular weight is 232 g/mol. The standard InChI is InChI=1S/C13H16N2O2/c1-16-10-3-2-9-6-12(15-11(9)7-10)13(4-5-13)8-17-14/h2-3,6-7,15H,4-5,8,14H2,1H3. The van der Waals surface area contributed by atoms with Crippen molar-refractivity contribution in [1.82, 2.24) is 4.98 Å². The van der Waals surface area contributed by atoms with Gasteiger partial charge in [-0.15, -0.1) is 0 Å². The molecule has 0 atom stereocenters. The second-order valence-electron chi connectivity index (χ2n) is 4.73. The molecule has 0 radical (unpaired) electrons. The van der Waals surface area contributed by atoms with Crippen LogP contribution in [-0.4, -0.2) is 18.7 Å². The number of methoxy groups -OCH3 is 1. The molecule has 90 valence electrons. The molecular weight excluding hydrogens is 216 g/mol. The van der Waals surface area contributed by atoms with Gasteiger partial charge in [0.15, 0.2) is 0 Å². The molecule has 0 spiro atoms. The summed E-state index contributed by atoms with van der Waals surface area (Å²) in [4.78, 5) is 8.26. The van der Waals surface area contributed by atoms with E-state index in [9.17, 15) is 0 Å². The number of nitrogens with two attached hydrogens (primary N) is 1. The summed E-state index contributed by atoms with van der Waals surface area (Å²) in [5, 5.41) is 1.20. The number of fused-ring (bicyclic) bond motifs is 1. The number of ether oxygens (including phenoxy) is 1. The molecule has 0 amide bonds. The fourth-order valence-corrected chi connectivity index (χ4v) is 2.32. The number of aromatic nitrogens is 1. The maximum absolute atomic E-state index is 5.22. The first kappa shape index (κ1) is 10.6. The molecule has 3 rings (SSSR count). The highest BCUT2D eigenvalue weighted by molar-refractivity contribution is 5.82. The van der Waals surface area contributed by atoms with Crippen LogP contribution < -0.4 is 10.6 Å². The summed E-state index contributed by atoms with van der Waals surface area (Å²) in [5.74, 6) is 6.06. The van der Waals surface area contributed by atoms with E-state index in [4.69, 9.17) is 15.5 Å². The Hall–Kier alpha value is -1.52. The molecule has 4 nitrogen and oxygen atoms in total. The summed E-state index contributed by atoms with van der Waals surface area (Å²) < 4.78 is 5.22. The van der Waals surface area contributed by atoms with Gasteiger partial charge in [-0.1, -0.05) is 0 Å². The Morgan fingerprint density at radius 3 is 2.82 bits per heavy atom. The van der Waals surface area contributed by atoms with Crippen molar-refractivity contribution in [3.63, 3.8) is 0 Å². The lowest BCUT2D eigenvalue weighted by molar-refractivity contribution is 0.115. The Labute approximate surface area is 99.7 Å². The molecule has 0 aliphatic heterocycles. The Bertz CT molecular complexity index is 543. The van der Waals surface area contributed by atoms with Gasteiger partial charge >= 0.3 is 0 Å². The maximum atomic E-state index is 5.22. The van der Waals surface area contributed by atoms with Gasteiger partial charge < -0.3 is 14.6 Å². The van der Waals surface area contributed by atoms with Gasteiger partial charge in [-0.05, 0) is 36.4 Å². The molecular formula is C13H16N2O2. The minimum atomic E-state index is 0.112. The van der Waals surface area contributed by atoms with Crippen LogP contribution in [0.5, 0.6) is 5.75 Å². The third-order valence-corrected chi connectivity index (χ3v) is 3.61. The first-order valence-electron chi connectivity index (χ1n) is 5.76. The molecule has 0 unspecified atom stereocenters. The zero-order valence-corrected chi connectivity index (χ0v) is 9.82. The van der Waals surface area contributed by atoms with E-state index in [1.807, 2.05) is 12.1 Å². The smallest absolute Gasteiger partial charge is 0.120 e. The summed E-state index contributed by atoms with van der Waals surface area (Å²) in [6.45, 7) is 0.580. The number of H-pyrrole nitrogens is 1. The lowest BCUT2D eigenvalue weighted by Gasteiger charge is -2.10. The quantitative estimate of drug-likeness (QED) is 0.793. The van der Waals surface area contributed by atoms with Crippen LogP contribution in [0.25, 0.3) is 10.9 Å². The largest absolute Gasteiger partial charge is 0.497 e. The number of hydrogen-bond acceptors (Lipinski definition) is 3. The predicted molar refractivity (Wildman–Crippen MR) is 65.9 cm³/mol. The van der Waals surface area contributed by atoms with Crippen molar-refractivity contribution in [2.75, 3.05) is 13.7 Å². The van der Waals surface area contributed by atoms with Crippen LogP contribution in [0, 0.1) is 0 Å². The zero-order valence-electron chi connectivity index (χ0n) is 9.82. The lowest BCUT2D eigenvalue weighted by Crippen LogP contribution is -2.18. The van der Waals surface area contributed by atoms with E-state index in [-0.39, 0.29) is 5.41 Å². The summed E-state index contributed by atoms with van der Waals surface area (Å²) in [5.41, 5.74) is 2.43. The molecule has 2 aromatic rings. The highest BCUT2D eigenvalue weighted by Gasteiger charge is 2.45. The highest BCUT2D eigenvalue weighted by atomic mass is 16.6. The third kappa shape index (κ3) is 1.69. The summed E-state index contributed by atoms with van der Waals surface area (Å²) in [7, 11) is 1.68. The van der Waals surface area contributed by atoms with Crippen molar-refractivity contribution in [3.05, 3.63) is 30.0 Å².